The van der Waals surface area contributed by atoms with Crippen LogP contribution in [0, 0.1) is 5.92 Å². The topological polar surface area (TPSA) is 60.7 Å². The van der Waals surface area contributed by atoms with E-state index in [0.29, 0.717) is 5.56 Å². The lowest BCUT2D eigenvalue weighted by Gasteiger charge is -2.26. The minimum absolute atomic E-state index is 0.0323. The predicted octanol–water partition coefficient (Wildman–Crippen LogP) is 5.42. The first-order chi connectivity index (χ1) is 16.7. The third kappa shape index (κ3) is 7.55. The fourth-order valence-corrected chi connectivity index (χ4v) is 3.82. The molecule has 0 heterocycles. The van der Waals surface area contributed by atoms with Crippen LogP contribution in [0.4, 0.5) is 18.9 Å². The van der Waals surface area contributed by atoms with Gasteiger partial charge in [-0.2, -0.15) is 13.2 Å². The summed E-state index contributed by atoms with van der Waals surface area (Å²) in [5.41, 5.74) is 0.252. The molecule has 1 amide bonds. The average molecular weight is 490 g/mol. The van der Waals surface area contributed by atoms with Gasteiger partial charge < -0.3 is 9.64 Å². The van der Waals surface area contributed by atoms with E-state index in [1.165, 1.54) is 11.0 Å². The van der Waals surface area contributed by atoms with E-state index >= 15 is 0 Å². The van der Waals surface area contributed by atoms with Crippen molar-refractivity contribution in [2.75, 3.05) is 18.1 Å². The van der Waals surface area contributed by atoms with Crippen LogP contribution in [0.5, 0.6) is 0 Å². The van der Waals surface area contributed by atoms with Crippen LogP contribution < -0.4 is 9.57 Å². The molecule has 2 aromatic rings. The third-order valence-corrected chi connectivity index (χ3v) is 5.84. The molecular weight excluding hydrogens is 457 g/mol. The van der Waals surface area contributed by atoms with Crippen molar-refractivity contribution in [3.8, 4) is 0 Å². The van der Waals surface area contributed by atoms with E-state index in [4.69, 9.17) is 4.74 Å². The summed E-state index contributed by atoms with van der Waals surface area (Å²) < 4.78 is 49.9. The fourth-order valence-electron chi connectivity index (χ4n) is 3.82. The van der Waals surface area contributed by atoms with E-state index < -0.39 is 17.7 Å². The maximum absolute atomic E-state index is 13.6. The quantitative estimate of drug-likeness (QED) is 0.241. The van der Waals surface area contributed by atoms with Crippen molar-refractivity contribution in [2.24, 2.45) is 5.92 Å². The molecule has 0 aliphatic heterocycles. The highest BCUT2D eigenvalue weighted by Crippen LogP contribution is 2.34. The first-order valence-corrected chi connectivity index (χ1v) is 11.7. The van der Waals surface area contributed by atoms with E-state index in [1.807, 2.05) is 13.8 Å². The molecule has 0 aliphatic rings. The number of alkyl halides is 3. The van der Waals surface area contributed by atoms with Crippen LogP contribution in [0.25, 0.3) is 0 Å². The highest BCUT2D eigenvalue weighted by molar-refractivity contribution is 6.17. The number of nitrogens with zero attached hydrogens (tertiary/aromatic N) is 2. The Morgan fingerprint density at radius 1 is 1.06 bits per heavy atom. The van der Waals surface area contributed by atoms with Gasteiger partial charge in [0.15, 0.2) is 0 Å². The van der Waals surface area contributed by atoms with E-state index in [0.717, 1.165) is 25.0 Å². The molecule has 2 rings (SSSR count). The summed E-state index contributed by atoms with van der Waals surface area (Å²) in [5.74, 6) is -0.656. The molecule has 35 heavy (non-hydrogen) atoms. The smallest absolute Gasteiger partial charge is 0.416 e. The Labute approximate surface area is 204 Å². The van der Waals surface area contributed by atoms with Crippen molar-refractivity contribution >= 4 is 30.0 Å². The predicted molar refractivity (Wildman–Crippen MR) is 133 cm³/mol. The molecule has 0 radical (unpaired) electrons. The zero-order valence-corrected chi connectivity index (χ0v) is 20.4. The third-order valence-electron chi connectivity index (χ3n) is 5.84. The van der Waals surface area contributed by atoms with Crippen molar-refractivity contribution in [1.29, 1.82) is 0 Å². The van der Waals surface area contributed by atoms with Gasteiger partial charge in [0.05, 0.1) is 35.4 Å². The van der Waals surface area contributed by atoms with Crippen LogP contribution in [0.15, 0.2) is 48.5 Å². The lowest BCUT2D eigenvalue weighted by Crippen LogP contribution is -2.36. The second-order valence-corrected chi connectivity index (χ2v) is 8.09. The molecular formula is C27H32F3N2O3+. The largest absolute Gasteiger partial charge is 0.466 e. The summed E-state index contributed by atoms with van der Waals surface area (Å²) in [6.45, 7) is 9.38. The SMILES string of the molecule is C=[N+]=C(c1ccccc1)c1cc(C(F)(F)F)ccc1N(CCC(=O)OCC)C(=O)CC(CC)CC. The van der Waals surface area contributed by atoms with Crippen LogP contribution in [0.3, 0.4) is 0 Å². The molecule has 0 N–H and O–H groups in total. The van der Waals surface area contributed by atoms with Crippen LogP contribution in [-0.4, -0.2) is 37.5 Å². The summed E-state index contributed by atoms with van der Waals surface area (Å²) in [5, 5.41) is 0. The van der Waals surface area contributed by atoms with Gasteiger partial charge in [0.1, 0.15) is 0 Å². The van der Waals surface area contributed by atoms with Gasteiger partial charge in [-0.05, 0) is 43.2 Å². The maximum atomic E-state index is 13.6. The number of hydrogen-bond donors (Lipinski definition) is 0. The molecule has 0 fully saturated rings. The van der Waals surface area contributed by atoms with Gasteiger partial charge in [-0.3, -0.25) is 9.59 Å². The van der Waals surface area contributed by atoms with Gasteiger partial charge >= 0.3 is 17.9 Å². The minimum atomic E-state index is -4.59. The molecule has 0 atom stereocenters. The van der Waals surface area contributed by atoms with Crippen LogP contribution in [0.1, 0.15) is 63.1 Å². The lowest BCUT2D eigenvalue weighted by atomic mass is 9.95. The van der Waals surface area contributed by atoms with E-state index in [9.17, 15) is 22.8 Å². The molecule has 2 aromatic carbocycles. The van der Waals surface area contributed by atoms with Crippen LogP contribution in [-0.2, 0) is 20.5 Å². The molecule has 188 valence electrons. The fraction of sp³-hybridized carbons (Fsp3) is 0.407. The Morgan fingerprint density at radius 3 is 2.26 bits per heavy atom. The van der Waals surface area contributed by atoms with Crippen LogP contribution in [0.2, 0.25) is 0 Å². The van der Waals surface area contributed by atoms with E-state index in [2.05, 4.69) is 11.4 Å². The maximum Gasteiger partial charge on any atom is 0.416 e. The van der Waals surface area contributed by atoms with Gasteiger partial charge in [-0.25, -0.2) is 0 Å². The lowest BCUT2D eigenvalue weighted by molar-refractivity contribution is -0.143. The van der Waals surface area contributed by atoms with Crippen molar-refractivity contribution in [1.82, 2.24) is 4.67 Å². The monoisotopic (exact) mass is 489 g/mol. The van der Waals surface area contributed by atoms with Crippen molar-refractivity contribution in [2.45, 2.75) is 52.6 Å². The summed E-state index contributed by atoms with van der Waals surface area (Å²) in [6, 6.07) is 11.9. The highest BCUT2D eigenvalue weighted by Gasteiger charge is 2.35. The molecule has 5 nitrogen and oxygen atoms in total. The van der Waals surface area contributed by atoms with Gasteiger partial charge in [0, 0.05) is 13.0 Å². The van der Waals surface area contributed by atoms with E-state index in [-0.39, 0.29) is 54.8 Å². The summed E-state index contributed by atoms with van der Waals surface area (Å²) in [7, 11) is 0. The van der Waals surface area contributed by atoms with Gasteiger partial charge in [-0.15, -0.1) is 0 Å². The Bertz CT molecular complexity index is 1060. The number of amides is 1. The molecule has 0 saturated carbocycles. The second kappa shape index (κ2) is 12.9. The zero-order chi connectivity index (χ0) is 26.0. The standard InChI is InChI=1S/C27H32F3N2O3/c1-5-19(6-2)17-24(33)32(16-15-25(34)35-7-3)23-14-13-21(27(28,29)30)18-22(23)26(31-4)20-11-9-8-10-12-20/h8-14,18-19H,4-7,15-17H2,1-3H3/q+1. The number of hydrogen-bond acceptors (Lipinski definition) is 3. The molecule has 0 unspecified atom stereocenters. The Kier molecular flexibility index (Phi) is 10.3. The van der Waals surface area contributed by atoms with Crippen LogP contribution >= 0.6 is 0 Å². The molecule has 0 spiro atoms. The Hall–Kier alpha value is -3.38. The van der Waals surface area contributed by atoms with Crippen molar-refractivity contribution in [3.63, 3.8) is 0 Å². The van der Waals surface area contributed by atoms with Crippen molar-refractivity contribution in [3.05, 3.63) is 65.2 Å². The zero-order valence-electron chi connectivity index (χ0n) is 20.4. The number of carbonyl (C=O) groups is 2. The molecule has 8 heteroatoms. The molecule has 0 aliphatic carbocycles. The molecule has 0 bridgehead atoms. The highest BCUT2D eigenvalue weighted by atomic mass is 19.4. The van der Waals surface area contributed by atoms with Crippen molar-refractivity contribution < 1.29 is 27.5 Å². The number of ether oxygens (including phenoxy) is 1. The number of carbonyl (C=O) groups excluding carboxylic acids is 2. The molecule has 0 saturated heterocycles. The van der Waals surface area contributed by atoms with Gasteiger partial charge in [-0.1, -0.05) is 49.6 Å². The summed E-state index contributed by atoms with van der Waals surface area (Å²) >= 11 is 0. The Balaban J connectivity index is 2.66. The minimum Gasteiger partial charge on any atom is -0.466 e. The number of esters is 1. The van der Waals surface area contributed by atoms with Gasteiger partial charge in [0.2, 0.25) is 5.91 Å². The first-order valence-electron chi connectivity index (χ1n) is 11.7. The van der Waals surface area contributed by atoms with Gasteiger partial charge in [0.25, 0.3) is 6.72 Å². The number of halogens is 3. The summed E-state index contributed by atoms with van der Waals surface area (Å²) in [4.78, 5) is 26.9. The Morgan fingerprint density at radius 2 is 1.71 bits per heavy atom. The first kappa shape index (κ1) is 27.9. The van der Waals surface area contributed by atoms with E-state index in [1.54, 1.807) is 37.3 Å². The normalized spacial score (nSPS) is 11.2. The second-order valence-electron chi connectivity index (χ2n) is 8.09. The molecule has 0 aromatic heterocycles. The summed E-state index contributed by atoms with van der Waals surface area (Å²) in [6.07, 6.45) is -2.91. The average Bonchev–Trinajstić information content (AvgIpc) is 2.84. The number of anilines is 1. The number of rotatable bonds is 11. The number of benzene rings is 2.